The molecule has 0 atom stereocenters. The summed E-state index contributed by atoms with van der Waals surface area (Å²) in [6.07, 6.45) is 2.89. The second-order valence-corrected chi connectivity index (χ2v) is 3.03. The highest BCUT2D eigenvalue weighted by Crippen LogP contribution is 2.16. The summed E-state index contributed by atoms with van der Waals surface area (Å²) in [4.78, 5) is 12.1. The first-order chi connectivity index (χ1) is 5.90. The lowest BCUT2D eigenvalue weighted by Crippen LogP contribution is -2.28. The molecule has 0 saturated heterocycles. The highest BCUT2D eigenvalue weighted by Gasteiger charge is 2.13. The maximum absolute atomic E-state index is 10.4. The molecule has 1 heterocycles. The van der Waals surface area contributed by atoms with Gasteiger partial charge >= 0.3 is 6.41 Å². The van der Waals surface area contributed by atoms with Crippen LogP contribution < -0.4 is 0 Å². The second kappa shape index (κ2) is 2.97. The summed E-state index contributed by atoms with van der Waals surface area (Å²) in [5.74, 6) is 0. The molecule has 1 radical (unpaired) electrons. The van der Waals surface area contributed by atoms with E-state index in [1.807, 2.05) is 18.5 Å². The maximum Gasteiger partial charge on any atom is 0.312 e. The average Bonchev–Trinajstić information content (AvgIpc) is 2.17. The normalized spacial score (nSPS) is 15.5. The van der Waals surface area contributed by atoms with Gasteiger partial charge in [0.25, 0.3) is 0 Å². The Morgan fingerprint density at radius 1 is 1.25 bits per heavy atom. The number of benzene rings is 1. The van der Waals surface area contributed by atoms with Crippen LogP contribution in [0.15, 0.2) is 24.3 Å². The van der Waals surface area contributed by atoms with Gasteiger partial charge in [0.1, 0.15) is 0 Å². The van der Waals surface area contributed by atoms with E-state index in [0.29, 0.717) is 0 Å². The summed E-state index contributed by atoms with van der Waals surface area (Å²) in [7, 11) is 0. The molecule has 0 aromatic heterocycles. The van der Waals surface area contributed by atoms with Crippen molar-refractivity contribution >= 4 is 6.41 Å². The van der Waals surface area contributed by atoms with Crippen molar-refractivity contribution in [2.24, 2.45) is 0 Å². The Balaban J connectivity index is 2.28. The van der Waals surface area contributed by atoms with Gasteiger partial charge in [-0.3, -0.25) is 4.79 Å². The van der Waals surface area contributed by atoms with E-state index in [9.17, 15) is 4.79 Å². The van der Waals surface area contributed by atoms with Crippen molar-refractivity contribution in [3.63, 3.8) is 0 Å². The summed E-state index contributed by atoms with van der Waals surface area (Å²) in [5.41, 5.74) is 2.62. The van der Waals surface area contributed by atoms with Gasteiger partial charge in [0.15, 0.2) is 0 Å². The maximum atomic E-state index is 10.4. The minimum absolute atomic E-state index is 0.722. The fourth-order valence-corrected chi connectivity index (χ4v) is 1.57. The molecule has 2 rings (SSSR count). The Kier molecular flexibility index (Phi) is 1.82. The fourth-order valence-electron chi connectivity index (χ4n) is 1.57. The first-order valence-electron chi connectivity index (χ1n) is 4.09. The van der Waals surface area contributed by atoms with E-state index in [2.05, 4.69) is 12.1 Å². The highest BCUT2D eigenvalue weighted by molar-refractivity contribution is 5.50. The van der Waals surface area contributed by atoms with Crippen molar-refractivity contribution in [2.45, 2.75) is 13.0 Å². The third-order valence-corrected chi connectivity index (χ3v) is 2.26. The van der Waals surface area contributed by atoms with Crippen molar-refractivity contribution in [1.82, 2.24) is 4.90 Å². The van der Waals surface area contributed by atoms with Gasteiger partial charge in [-0.1, -0.05) is 24.3 Å². The molecule has 2 heteroatoms. The lowest BCUT2D eigenvalue weighted by atomic mass is 10.0. The van der Waals surface area contributed by atoms with Crippen LogP contribution in [0.1, 0.15) is 11.1 Å². The number of hydrogen-bond donors (Lipinski definition) is 0. The molecule has 0 aliphatic carbocycles. The van der Waals surface area contributed by atoms with E-state index in [1.165, 1.54) is 11.1 Å². The first-order valence-corrected chi connectivity index (χ1v) is 4.09. The predicted molar refractivity (Wildman–Crippen MR) is 46.2 cm³/mol. The van der Waals surface area contributed by atoms with E-state index >= 15 is 0 Å². The molecular formula is C10H10NO. The zero-order valence-corrected chi connectivity index (χ0v) is 6.79. The molecule has 0 fully saturated rings. The van der Waals surface area contributed by atoms with Gasteiger partial charge in [0.2, 0.25) is 0 Å². The van der Waals surface area contributed by atoms with E-state index in [-0.39, 0.29) is 0 Å². The Hall–Kier alpha value is -1.31. The lowest BCUT2D eigenvalue weighted by molar-refractivity contribution is 0.360. The van der Waals surface area contributed by atoms with Crippen LogP contribution in [0.5, 0.6) is 0 Å². The lowest BCUT2D eigenvalue weighted by Gasteiger charge is -2.23. The molecular weight excluding hydrogens is 150 g/mol. The Labute approximate surface area is 71.8 Å². The molecule has 2 nitrogen and oxygen atoms in total. The van der Waals surface area contributed by atoms with Crippen molar-refractivity contribution in [2.75, 3.05) is 6.54 Å². The number of hydrogen-bond acceptors (Lipinski definition) is 1. The Morgan fingerprint density at radius 3 is 2.75 bits per heavy atom. The molecule has 0 N–H and O–H groups in total. The van der Waals surface area contributed by atoms with Gasteiger partial charge in [0.05, 0.1) is 0 Å². The van der Waals surface area contributed by atoms with E-state index in [1.54, 1.807) is 4.90 Å². The Bertz CT molecular complexity index is 296. The molecule has 1 aromatic carbocycles. The van der Waals surface area contributed by atoms with Crippen LogP contribution >= 0.6 is 0 Å². The summed E-state index contributed by atoms with van der Waals surface area (Å²) in [6, 6.07) is 8.24. The number of carbonyl (C=O) groups excluding carboxylic acids is 1. The second-order valence-electron chi connectivity index (χ2n) is 3.03. The van der Waals surface area contributed by atoms with Crippen molar-refractivity contribution in [3.8, 4) is 0 Å². The summed E-state index contributed by atoms with van der Waals surface area (Å²) >= 11 is 0. The molecule has 0 bridgehead atoms. The zero-order valence-electron chi connectivity index (χ0n) is 6.79. The van der Waals surface area contributed by atoms with Crippen molar-refractivity contribution < 1.29 is 4.79 Å². The molecule has 1 amide bonds. The largest absolute Gasteiger partial charge is 0.330 e. The minimum Gasteiger partial charge on any atom is -0.330 e. The van der Waals surface area contributed by atoms with Crippen LogP contribution in [0.4, 0.5) is 0 Å². The van der Waals surface area contributed by atoms with Gasteiger partial charge < -0.3 is 4.90 Å². The Morgan fingerprint density at radius 2 is 2.00 bits per heavy atom. The summed E-state index contributed by atoms with van der Waals surface area (Å²) in [5, 5.41) is 0. The predicted octanol–water partition coefficient (Wildman–Crippen LogP) is 1.11. The van der Waals surface area contributed by atoms with Crippen LogP contribution in [-0.4, -0.2) is 17.9 Å². The average molecular weight is 160 g/mol. The van der Waals surface area contributed by atoms with Crippen LogP contribution in [0.3, 0.4) is 0 Å². The number of nitrogens with zero attached hydrogens (tertiary/aromatic N) is 1. The van der Waals surface area contributed by atoms with Gasteiger partial charge in [0, 0.05) is 13.1 Å². The number of fused-ring (bicyclic) bond motifs is 1. The van der Waals surface area contributed by atoms with E-state index in [4.69, 9.17) is 0 Å². The quantitative estimate of drug-likeness (QED) is 0.602. The van der Waals surface area contributed by atoms with Gasteiger partial charge in [-0.2, -0.15) is 0 Å². The van der Waals surface area contributed by atoms with E-state index in [0.717, 1.165) is 19.5 Å². The van der Waals surface area contributed by atoms with E-state index < -0.39 is 0 Å². The highest BCUT2D eigenvalue weighted by atomic mass is 16.1. The fraction of sp³-hybridized carbons (Fsp3) is 0.300. The third kappa shape index (κ3) is 1.20. The van der Waals surface area contributed by atoms with Gasteiger partial charge in [-0.25, -0.2) is 0 Å². The van der Waals surface area contributed by atoms with Gasteiger partial charge in [-0.15, -0.1) is 0 Å². The van der Waals surface area contributed by atoms with Crippen LogP contribution in [-0.2, 0) is 17.8 Å². The monoisotopic (exact) mass is 160 g/mol. The number of amides is 1. The smallest absolute Gasteiger partial charge is 0.312 e. The molecule has 61 valence electrons. The molecule has 1 aromatic rings. The topological polar surface area (TPSA) is 20.3 Å². The molecule has 0 saturated carbocycles. The molecule has 0 spiro atoms. The number of rotatable bonds is 1. The summed E-state index contributed by atoms with van der Waals surface area (Å²) in [6.45, 7) is 1.53. The SMILES string of the molecule is O=[C]N1CCc2ccccc2C1. The van der Waals surface area contributed by atoms with Crippen molar-refractivity contribution in [1.29, 1.82) is 0 Å². The first kappa shape index (κ1) is 7.35. The summed E-state index contributed by atoms with van der Waals surface area (Å²) < 4.78 is 0. The van der Waals surface area contributed by atoms with Crippen LogP contribution in [0.2, 0.25) is 0 Å². The zero-order chi connectivity index (χ0) is 8.39. The minimum atomic E-state index is 0.722. The van der Waals surface area contributed by atoms with Gasteiger partial charge in [-0.05, 0) is 17.5 Å². The standard InChI is InChI=1S/C10H10NO/c12-8-11-6-5-9-3-1-2-4-10(9)7-11/h1-4H,5-7H2. The molecule has 1 aliphatic heterocycles. The van der Waals surface area contributed by atoms with Crippen LogP contribution in [0.25, 0.3) is 0 Å². The molecule has 12 heavy (non-hydrogen) atoms. The third-order valence-electron chi connectivity index (χ3n) is 2.26. The van der Waals surface area contributed by atoms with Crippen molar-refractivity contribution in [3.05, 3.63) is 35.4 Å². The molecule has 1 aliphatic rings. The van der Waals surface area contributed by atoms with Crippen LogP contribution in [0, 0.1) is 0 Å². The molecule has 0 unspecified atom stereocenters.